The van der Waals surface area contributed by atoms with E-state index in [2.05, 4.69) is 6.92 Å². The summed E-state index contributed by atoms with van der Waals surface area (Å²) in [6.45, 7) is 5.00. The van der Waals surface area contributed by atoms with Crippen LogP contribution in [0.5, 0.6) is 0 Å². The van der Waals surface area contributed by atoms with Crippen LogP contribution in [0.15, 0.2) is 24.3 Å². The van der Waals surface area contributed by atoms with Crippen LogP contribution in [0.1, 0.15) is 31.2 Å². The molecule has 0 aromatic heterocycles. The molecule has 0 spiro atoms. The molecular formula is C14H20FO. The molecule has 0 aliphatic carbocycles. The minimum atomic E-state index is -0.158. The molecule has 0 saturated heterocycles. The average Bonchev–Trinajstić information content (AvgIpc) is 2.30. The molecule has 0 amide bonds. The van der Waals surface area contributed by atoms with Crippen molar-refractivity contribution < 1.29 is 9.13 Å². The zero-order chi connectivity index (χ0) is 11.6. The Kier molecular flexibility index (Phi) is 6.82. The fraction of sp³-hybridized carbons (Fsp3) is 0.500. The molecule has 89 valence electrons. The highest BCUT2D eigenvalue weighted by molar-refractivity contribution is 5.15. The van der Waals surface area contributed by atoms with Crippen LogP contribution < -0.4 is 0 Å². The lowest BCUT2D eigenvalue weighted by atomic mass is 10.1. The van der Waals surface area contributed by atoms with Crippen molar-refractivity contribution in [2.24, 2.45) is 0 Å². The van der Waals surface area contributed by atoms with E-state index in [1.807, 2.05) is 12.1 Å². The van der Waals surface area contributed by atoms with Crippen molar-refractivity contribution >= 4 is 0 Å². The molecule has 0 aliphatic heterocycles. The molecule has 0 aliphatic rings. The van der Waals surface area contributed by atoms with Gasteiger partial charge in [0.1, 0.15) is 5.82 Å². The van der Waals surface area contributed by atoms with Gasteiger partial charge < -0.3 is 4.74 Å². The van der Waals surface area contributed by atoms with Crippen molar-refractivity contribution in [3.63, 3.8) is 0 Å². The van der Waals surface area contributed by atoms with Gasteiger partial charge in [-0.1, -0.05) is 25.0 Å². The summed E-state index contributed by atoms with van der Waals surface area (Å²) in [5.74, 6) is -0.158. The maximum absolute atomic E-state index is 12.6. The second-order valence-corrected chi connectivity index (χ2v) is 3.90. The third kappa shape index (κ3) is 5.86. The zero-order valence-electron chi connectivity index (χ0n) is 9.75. The minimum Gasteiger partial charge on any atom is -0.381 e. The monoisotopic (exact) mass is 223 g/mol. The minimum absolute atomic E-state index is 0.158. The number of ether oxygens (including phenoxy) is 1. The van der Waals surface area contributed by atoms with E-state index in [1.165, 1.54) is 30.5 Å². The Hall–Kier alpha value is -0.890. The van der Waals surface area contributed by atoms with Crippen LogP contribution in [0.4, 0.5) is 4.39 Å². The number of halogens is 1. The zero-order valence-corrected chi connectivity index (χ0v) is 9.75. The first-order chi connectivity index (χ1) is 7.83. The van der Waals surface area contributed by atoms with Crippen molar-refractivity contribution in [2.75, 3.05) is 13.2 Å². The van der Waals surface area contributed by atoms with Gasteiger partial charge in [0.05, 0.1) is 0 Å². The Morgan fingerprint density at radius 1 is 1.00 bits per heavy atom. The van der Waals surface area contributed by atoms with Crippen LogP contribution in [0.25, 0.3) is 0 Å². The second kappa shape index (κ2) is 8.28. The molecule has 1 aromatic rings. The van der Waals surface area contributed by atoms with Gasteiger partial charge in [-0.2, -0.15) is 0 Å². The molecule has 0 heterocycles. The predicted octanol–water partition coefficient (Wildman–Crippen LogP) is 3.78. The van der Waals surface area contributed by atoms with Crippen LogP contribution in [0.3, 0.4) is 0 Å². The topological polar surface area (TPSA) is 9.23 Å². The summed E-state index contributed by atoms with van der Waals surface area (Å²) in [6, 6.07) is 6.78. The molecular weight excluding hydrogens is 203 g/mol. The lowest BCUT2D eigenvalue weighted by Crippen LogP contribution is -1.93. The quantitative estimate of drug-likeness (QED) is 0.609. The standard InChI is InChI=1S/C14H20FO/c1-2-16-12-6-4-3-5-7-13-8-10-14(15)11-9-13/h8-11H,1-7,12H2. The first-order valence-electron chi connectivity index (χ1n) is 5.94. The summed E-state index contributed by atoms with van der Waals surface area (Å²) in [5, 5.41) is 0. The summed E-state index contributed by atoms with van der Waals surface area (Å²) < 4.78 is 17.8. The highest BCUT2D eigenvalue weighted by atomic mass is 19.1. The Morgan fingerprint density at radius 3 is 2.38 bits per heavy atom. The van der Waals surface area contributed by atoms with Crippen LogP contribution in [0.2, 0.25) is 0 Å². The van der Waals surface area contributed by atoms with E-state index in [4.69, 9.17) is 4.74 Å². The smallest absolute Gasteiger partial charge is 0.123 e. The van der Waals surface area contributed by atoms with E-state index in [9.17, 15) is 4.39 Å². The van der Waals surface area contributed by atoms with Gasteiger partial charge in [0, 0.05) is 13.2 Å². The van der Waals surface area contributed by atoms with Crippen LogP contribution in [0, 0.1) is 12.7 Å². The first-order valence-corrected chi connectivity index (χ1v) is 5.94. The molecule has 0 N–H and O–H groups in total. The Bertz CT molecular complexity index is 269. The Labute approximate surface area is 97.6 Å². The average molecular weight is 223 g/mol. The van der Waals surface area contributed by atoms with Crippen molar-refractivity contribution in [3.05, 3.63) is 42.6 Å². The predicted molar refractivity (Wildman–Crippen MR) is 64.7 cm³/mol. The van der Waals surface area contributed by atoms with E-state index < -0.39 is 0 Å². The van der Waals surface area contributed by atoms with E-state index in [-0.39, 0.29) is 5.82 Å². The highest BCUT2D eigenvalue weighted by Crippen LogP contribution is 2.09. The van der Waals surface area contributed by atoms with Gasteiger partial charge in [0.2, 0.25) is 0 Å². The maximum Gasteiger partial charge on any atom is 0.123 e. The Morgan fingerprint density at radius 2 is 1.69 bits per heavy atom. The summed E-state index contributed by atoms with van der Waals surface area (Å²) in [4.78, 5) is 0. The first kappa shape index (κ1) is 13.2. The third-order valence-electron chi connectivity index (χ3n) is 2.56. The van der Waals surface area contributed by atoms with Gasteiger partial charge in [-0.15, -0.1) is 0 Å². The van der Waals surface area contributed by atoms with Crippen molar-refractivity contribution in [1.29, 1.82) is 0 Å². The molecule has 1 aromatic carbocycles. The fourth-order valence-electron chi connectivity index (χ4n) is 1.64. The molecule has 16 heavy (non-hydrogen) atoms. The maximum atomic E-state index is 12.6. The van der Waals surface area contributed by atoms with Gasteiger partial charge in [-0.3, -0.25) is 0 Å². The van der Waals surface area contributed by atoms with Gasteiger partial charge in [-0.25, -0.2) is 4.39 Å². The van der Waals surface area contributed by atoms with E-state index in [0.29, 0.717) is 6.61 Å². The molecule has 0 unspecified atom stereocenters. The summed E-state index contributed by atoms with van der Waals surface area (Å²) in [6.07, 6.45) is 5.71. The van der Waals surface area contributed by atoms with E-state index in [0.717, 1.165) is 25.9 Å². The van der Waals surface area contributed by atoms with Crippen molar-refractivity contribution in [1.82, 2.24) is 0 Å². The number of aryl methyl sites for hydroxylation is 1. The molecule has 1 rings (SSSR count). The van der Waals surface area contributed by atoms with Gasteiger partial charge in [0.15, 0.2) is 0 Å². The Balaban J connectivity index is 2.01. The molecule has 0 saturated carbocycles. The molecule has 1 radical (unpaired) electrons. The molecule has 0 bridgehead atoms. The van der Waals surface area contributed by atoms with E-state index >= 15 is 0 Å². The normalized spacial score (nSPS) is 10.6. The highest BCUT2D eigenvalue weighted by Gasteiger charge is 1.95. The number of rotatable bonds is 8. The molecule has 2 heteroatoms. The summed E-state index contributed by atoms with van der Waals surface area (Å²) >= 11 is 0. The largest absolute Gasteiger partial charge is 0.381 e. The lowest BCUT2D eigenvalue weighted by molar-refractivity contribution is 0.156. The number of unbranched alkanes of at least 4 members (excludes halogenated alkanes) is 3. The van der Waals surface area contributed by atoms with Gasteiger partial charge in [0.25, 0.3) is 0 Å². The second-order valence-electron chi connectivity index (χ2n) is 3.90. The third-order valence-corrected chi connectivity index (χ3v) is 2.56. The summed E-state index contributed by atoms with van der Waals surface area (Å²) in [7, 11) is 0. The van der Waals surface area contributed by atoms with Gasteiger partial charge >= 0.3 is 0 Å². The van der Waals surface area contributed by atoms with Crippen molar-refractivity contribution in [2.45, 2.75) is 32.1 Å². The lowest BCUT2D eigenvalue weighted by Gasteiger charge is -2.02. The fourth-order valence-corrected chi connectivity index (χ4v) is 1.64. The number of hydrogen-bond acceptors (Lipinski definition) is 1. The van der Waals surface area contributed by atoms with Crippen LogP contribution in [-0.4, -0.2) is 13.2 Å². The molecule has 0 fully saturated rings. The van der Waals surface area contributed by atoms with Crippen molar-refractivity contribution in [3.8, 4) is 0 Å². The molecule has 1 nitrogen and oxygen atoms in total. The number of benzene rings is 1. The van der Waals surface area contributed by atoms with E-state index in [1.54, 1.807) is 0 Å². The SMILES string of the molecule is [CH2]COCCCCCCc1ccc(F)cc1. The summed E-state index contributed by atoms with van der Waals surface area (Å²) in [5.41, 5.74) is 1.22. The number of hydrogen-bond donors (Lipinski definition) is 0. The van der Waals surface area contributed by atoms with Gasteiger partial charge in [-0.05, 0) is 43.9 Å². The van der Waals surface area contributed by atoms with Crippen LogP contribution >= 0.6 is 0 Å². The molecule has 0 atom stereocenters. The van der Waals surface area contributed by atoms with Crippen LogP contribution in [-0.2, 0) is 11.2 Å².